The van der Waals surface area contributed by atoms with E-state index < -0.39 is 21.8 Å². The van der Waals surface area contributed by atoms with Gasteiger partial charge in [-0.3, -0.25) is 4.55 Å². The van der Waals surface area contributed by atoms with Crippen LogP contribution in [0.3, 0.4) is 0 Å². The Morgan fingerprint density at radius 2 is 1.30 bits per heavy atom. The molecule has 0 aliphatic rings. The fourth-order valence-corrected chi connectivity index (χ4v) is 2.17. The van der Waals surface area contributed by atoms with Gasteiger partial charge in [-0.05, 0) is 13.8 Å². The number of ether oxygens (including phenoxy) is 4. The van der Waals surface area contributed by atoms with E-state index in [1.807, 2.05) is 13.8 Å². The van der Waals surface area contributed by atoms with Crippen molar-refractivity contribution in [1.82, 2.24) is 0 Å². The van der Waals surface area contributed by atoms with E-state index in [9.17, 15) is 8.42 Å². The van der Waals surface area contributed by atoms with E-state index in [0.29, 0.717) is 13.2 Å². The summed E-state index contributed by atoms with van der Waals surface area (Å²) in [5, 5.41) is 0. The highest BCUT2D eigenvalue weighted by Gasteiger charge is 2.18. The molecule has 0 aliphatic carbocycles. The van der Waals surface area contributed by atoms with E-state index in [1.165, 1.54) is 0 Å². The minimum Gasteiger partial charge on any atom is -0.379 e. The fourth-order valence-electron chi connectivity index (χ4n) is 1.38. The molecule has 7 nitrogen and oxygen atoms in total. The Morgan fingerprint density at radius 3 is 1.60 bits per heavy atom. The zero-order valence-corrected chi connectivity index (χ0v) is 13.4. The molecule has 2 unspecified atom stereocenters. The van der Waals surface area contributed by atoms with Gasteiger partial charge >= 0.3 is 0 Å². The van der Waals surface area contributed by atoms with Crippen molar-refractivity contribution < 1.29 is 31.9 Å². The van der Waals surface area contributed by atoms with Crippen molar-refractivity contribution >= 4 is 10.1 Å². The van der Waals surface area contributed by atoms with Crippen LogP contribution in [-0.2, 0) is 29.1 Å². The van der Waals surface area contributed by atoms with Crippen LogP contribution in [0, 0.1) is 5.92 Å². The summed E-state index contributed by atoms with van der Waals surface area (Å²) >= 11 is 0. The lowest BCUT2D eigenvalue weighted by Crippen LogP contribution is -2.28. The predicted molar refractivity (Wildman–Crippen MR) is 74.5 cm³/mol. The molecular formula is C12H26O7S. The third kappa shape index (κ3) is 11.6. The predicted octanol–water partition coefficient (Wildman–Crippen LogP) is 0.593. The van der Waals surface area contributed by atoms with E-state index in [-0.39, 0.29) is 25.4 Å². The Kier molecular flexibility index (Phi) is 10.3. The lowest BCUT2D eigenvalue weighted by Gasteiger charge is -2.18. The third-order valence-corrected chi connectivity index (χ3v) is 3.56. The molecule has 0 aromatic carbocycles. The van der Waals surface area contributed by atoms with Crippen LogP contribution < -0.4 is 0 Å². The molecule has 0 saturated carbocycles. The quantitative estimate of drug-likeness (QED) is 0.527. The van der Waals surface area contributed by atoms with Crippen molar-refractivity contribution in [2.45, 2.75) is 26.1 Å². The molecule has 0 aromatic heterocycles. The highest BCUT2D eigenvalue weighted by molar-refractivity contribution is 7.85. The first-order valence-corrected chi connectivity index (χ1v) is 8.05. The number of methoxy groups -OCH3 is 2. The van der Waals surface area contributed by atoms with Gasteiger partial charge in [0.15, 0.2) is 0 Å². The monoisotopic (exact) mass is 314 g/mol. The first-order chi connectivity index (χ1) is 9.28. The fraction of sp³-hybridized carbons (Fsp3) is 1.00. The first-order valence-electron chi connectivity index (χ1n) is 6.44. The zero-order chi connectivity index (χ0) is 15.6. The molecule has 0 fully saturated rings. The van der Waals surface area contributed by atoms with E-state index in [0.717, 1.165) is 0 Å². The first kappa shape index (κ1) is 19.8. The van der Waals surface area contributed by atoms with Gasteiger partial charge < -0.3 is 18.9 Å². The summed E-state index contributed by atoms with van der Waals surface area (Å²) in [6, 6.07) is 0. The van der Waals surface area contributed by atoms with Gasteiger partial charge in [0.1, 0.15) is 0 Å². The molecule has 0 heterocycles. The third-order valence-electron chi connectivity index (χ3n) is 2.66. The van der Waals surface area contributed by atoms with Crippen molar-refractivity contribution in [3.05, 3.63) is 0 Å². The van der Waals surface area contributed by atoms with E-state index in [4.69, 9.17) is 23.5 Å². The van der Waals surface area contributed by atoms with E-state index in [1.54, 1.807) is 14.2 Å². The van der Waals surface area contributed by atoms with Gasteiger partial charge in [0.25, 0.3) is 10.1 Å². The highest BCUT2D eigenvalue weighted by atomic mass is 32.2. The van der Waals surface area contributed by atoms with Crippen LogP contribution in [0.15, 0.2) is 0 Å². The molecule has 0 aliphatic heterocycles. The van der Waals surface area contributed by atoms with Gasteiger partial charge in [-0.2, -0.15) is 8.42 Å². The largest absolute Gasteiger partial charge is 0.379 e. The summed E-state index contributed by atoms with van der Waals surface area (Å²) in [6.07, 6.45) is -0.147. The molecule has 0 spiro atoms. The summed E-state index contributed by atoms with van der Waals surface area (Å²) in [7, 11) is -0.922. The Hall–Kier alpha value is -0.250. The summed E-state index contributed by atoms with van der Waals surface area (Å²) in [5.74, 6) is -0.825. The van der Waals surface area contributed by atoms with Crippen LogP contribution in [0.2, 0.25) is 0 Å². The van der Waals surface area contributed by atoms with Gasteiger partial charge in [-0.15, -0.1) is 0 Å². The Bertz CT molecular complexity index is 315. The average molecular weight is 314 g/mol. The smallest absolute Gasteiger partial charge is 0.265 e. The van der Waals surface area contributed by atoms with Gasteiger partial charge in [0, 0.05) is 20.1 Å². The van der Waals surface area contributed by atoms with Crippen LogP contribution in [0.25, 0.3) is 0 Å². The Labute approximate surface area is 121 Å². The standard InChI is InChI=1S/C12H26O7S/c1-10(16-3)5-18-7-12(9-20(13,14)15)8-19-6-11(2)17-4/h10-12H,5-9H2,1-4H3,(H,13,14,15). The van der Waals surface area contributed by atoms with Crippen LogP contribution in [0.1, 0.15) is 13.8 Å². The SMILES string of the molecule is COC(C)COCC(COCC(C)OC)CS(=O)(=O)O. The highest BCUT2D eigenvalue weighted by Crippen LogP contribution is 2.05. The lowest BCUT2D eigenvalue weighted by atomic mass is 10.2. The van der Waals surface area contributed by atoms with E-state index in [2.05, 4.69) is 0 Å². The lowest BCUT2D eigenvalue weighted by molar-refractivity contribution is -0.0227. The molecule has 2 atom stereocenters. The molecule has 0 bridgehead atoms. The molecule has 1 N–H and O–H groups in total. The number of hydrogen-bond acceptors (Lipinski definition) is 6. The van der Waals surface area contributed by atoms with Crippen LogP contribution in [-0.4, -0.2) is 71.6 Å². The minimum absolute atomic E-state index is 0.0733. The van der Waals surface area contributed by atoms with Crippen molar-refractivity contribution in [3.63, 3.8) is 0 Å². The summed E-state index contributed by atoms with van der Waals surface area (Å²) in [6.45, 7) is 4.74. The number of hydrogen-bond donors (Lipinski definition) is 1. The number of rotatable bonds is 12. The van der Waals surface area contributed by atoms with Crippen LogP contribution in [0.4, 0.5) is 0 Å². The topological polar surface area (TPSA) is 91.3 Å². The second kappa shape index (κ2) is 10.5. The second-order valence-corrected chi connectivity index (χ2v) is 6.28. The molecule has 0 radical (unpaired) electrons. The Morgan fingerprint density at radius 1 is 0.900 bits per heavy atom. The van der Waals surface area contributed by atoms with Gasteiger partial charge in [-0.1, -0.05) is 0 Å². The molecule has 0 amide bonds. The molecular weight excluding hydrogens is 288 g/mol. The molecule has 20 heavy (non-hydrogen) atoms. The molecule has 0 saturated heterocycles. The molecule has 8 heteroatoms. The van der Waals surface area contributed by atoms with E-state index >= 15 is 0 Å². The summed E-state index contributed by atoms with van der Waals surface area (Å²) in [5.41, 5.74) is 0. The van der Waals surface area contributed by atoms with Crippen LogP contribution in [0.5, 0.6) is 0 Å². The minimum atomic E-state index is -4.06. The van der Waals surface area contributed by atoms with Gasteiger partial charge in [0.2, 0.25) is 0 Å². The van der Waals surface area contributed by atoms with Gasteiger partial charge in [0.05, 0.1) is 44.4 Å². The van der Waals surface area contributed by atoms with Crippen molar-refractivity contribution in [2.75, 3.05) is 46.4 Å². The summed E-state index contributed by atoms with van der Waals surface area (Å²) < 4.78 is 51.6. The molecule has 122 valence electrons. The summed E-state index contributed by atoms with van der Waals surface area (Å²) in [4.78, 5) is 0. The second-order valence-electron chi connectivity index (χ2n) is 4.78. The Balaban J connectivity index is 4.14. The van der Waals surface area contributed by atoms with Crippen molar-refractivity contribution in [1.29, 1.82) is 0 Å². The van der Waals surface area contributed by atoms with Crippen molar-refractivity contribution in [2.24, 2.45) is 5.92 Å². The zero-order valence-electron chi connectivity index (χ0n) is 12.6. The average Bonchev–Trinajstić information content (AvgIpc) is 2.36. The molecule has 0 aromatic rings. The maximum absolute atomic E-state index is 10.9. The van der Waals surface area contributed by atoms with Crippen molar-refractivity contribution in [3.8, 4) is 0 Å². The van der Waals surface area contributed by atoms with Gasteiger partial charge in [-0.25, -0.2) is 0 Å². The normalized spacial score (nSPS) is 16.9. The maximum atomic E-state index is 10.9. The molecule has 0 rings (SSSR count). The van der Waals surface area contributed by atoms with Crippen LogP contribution >= 0.6 is 0 Å². The maximum Gasteiger partial charge on any atom is 0.265 e.